The molecule has 8 heteroatoms. The molecule has 2 amide bonds. The number of urea groups is 1. The number of amides is 2. The number of anilines is 1. The van der Waals surface area contributed by atoms with Crippen LogP contribution in [0.2, 0.25) is 0 Å². The summed E-state index contributed by atoms with van der Waals surface area (Å²) in [7, 11) is 0. The first-order valence-electron chi connectivity index (χ1n) is 9.26. The summed E-state index contributed by atoms with van der Waals surface area (Å²) in [5, 5.41) is 11.9. The second kappa shape index (κ2) is 8.84. The number of nitrogens with zero attached hydrogens (tertiary/aromatic N) is 4. The van der Waals surface area contributed by atoms with E-state index in [0.29, 0.717) is 19.6 Å². The first-order valence-corrected chi connectivity index (χ1v) is 9.26. The van der Waals surface area contributed by atoms with Crippen LogP contribution in [0.3, 0.4) is 0 Å². The number of hydrogen-bond donors (Lipinski definition) is 2. The van der Waals surface area contributed by atoms with Crippen LogP contribution in [-0.4, -0.2) is 83.7 Å². The fourth-order valence-electron chi connectivity index (χ4n) is 3.54. The molecule has 1 aromatic rings. The van der Waals surface area contributed by atoms with Gasteiger partial charge >= 0.3 is 12.0 Å². The number of carboxylic acid groups (broad SMARTS) is 1. The number of aliphatic carboxylic acids is 1. The number of pyridine rings is 1. The van der Waals surface area contributed by atoms with Crippen LogP contribution in [0.1, 0.15) is 19.3 Å². The zero-order chi connectivity index (χ0) is 18.4. The molecule has 142 valence electrons. The van der Waals surface area contributed by atoms with Crippen molar-refractivity contribution >= 4 is 17.7 Å². The van der Waals surface area contributed by atoms with Crippen molar-refractivity contribution in [1.82, 2.24) is 20.1 Å². The normalized spacial score (nSPS) is 19.4. The zero-order valence-corrected chi connectivity index (χ0v) is 15.0. The molecular weight excluding hydrogens is 334 g/mol. The van der Waals surface area contributed by atoms with Gasteiger partial charge in [0.1, 0.15) is 0 Å². The van der Waals surface area contributed by atoms with Crippen LogP contribution in [0.4, 0.5) is 10.5 Å². The van der Waals surface area contributed by atoms with E-state index in [-0.39, 0.29) is 18.5 Å². The second-order valence-corrected chi connectivity index (χ2v) is 6.89. The number of piperidine rings is 1. The molecule has 2 aliphatic rings. The maximum absolute atomic E-state index is 12.5. The molecule has 8 nitrogen and oxygen atoms in total. The second-order valence-electron chi connectivity index (χ2n) is 6.89. The predicted molar refractivity (Wildman–Crippen MR) is 98.3 cm³/mol. The zero-order valence-electron chi connectivity index (χ0n) is 15.0. The van der Waals surface area contributed by atoms with E-state index in [0.717, 1.165) is 44.7 Å². The third-order valence-corrected chi connectivity index (χ3v) is 5.15. The Labute approximate surface area is 153 Å². The molecule has 0 unspecified atom stereocenters. The van der Waals surface area contributed by atoms with Gasteiger partial charge in [-0.3, -0.25) is 9.78 Å². The Morgan fingerprint density at radius 2 is 1.73 bits per heavy atom. The lowest BCUT2D eigenvalue weighted by molar-refractivity contribution is -0.137. The summed E-state index contributed by atoms with van der Waals surface area (Å²) in [4.78, 5) is 33.5. The molecule has 1 aromatic heterocycles. The van der Waals surface area contributed by atoms with Crippen LogP contribution in [0.5, 0.6) is 0 Å². The largest absolute Gasteiger partial charge is 0.481 e. The van der Waals surface area contributed by atoms with Gasteiger partial charge in [-0.2, -0.15) is 0 Å². The summed E-state index contributed by atoms with van der Waals surface area (Å²) in [5.41, 5.74) is 1.15. The minimum atomic E-state index is -0.758. The Kier molecular flexibility index (Phi) is 6.27. The van der Waals surface area contributed by atoms with E-state index in [4.69, 9.17) is 5.11 Å². The van der Waals surface area contributed by atoms with Crippen LogP contribution < -0.4 is 10.2 Å². The van der Waals surface area contributed by atoms with E-state index in [2.05, 4.69) is 20.1 Å². The van der Waals surface area contributed by atoms with Gasteiger partial charge in [0.25, 0.3) is 0 Å². The van der Waals surface area contributed by atoms with Crippen molar-refractivity contribution in [2.45, 2.75) is 25.3 Å². The average Bonchev–Trinajstić information content (AvgIpc) is 2.68. The molecule has 2 saturated heterocycles. The standard InChI is InChI=1S/C18H27N5O3/c24-17(25)5-10-21-8-3-15(4-9-21)20-18(26)23-13-11-22(12-14-23)16-1-6-19-7-2-16/h1-2,6-7,15H,3-5,8-14H2,(H,20,26)(H,24,25). The van der Waals surface area contributed by atoms with Crippen molar-refractivity contribution in [1.29, 1.82) is 0 Å². The van der Waals surface area contributed by atoms with Gasteiger partial charge in [-0.1, -0.05) is 0 Å². The van der Waals surface area contributed by atoms with E-state index in [1.54, 1.807) is 12.4 Å². The third kappa shape index (κ3) is 5.08. The number of likely N-dealkylation sites (tertiary alicyclic amines) is 1. The molecule has 2 N–H and O–H groups in total. The minimum absolute atomic E-state index is 0.0170. The highest BCUT2D eigenvalue weighted by Gasteiger charge is 2.25. The van der Waals surface area contributed by atoms with E-state index in [1.807, 2.05) is 17.0 Å². The predicted octanol–water partition coefficient (Wildman–Crippen LogP) is 0.852. The number of hydrogen-bond acceptors (Lipinski definition) is 5. The molecule has 0 aliphatic carbocycles. The van der Waals surface area contributed by atoms with E-state index in [9.17, 15) is 9.59 Å². The maximum Gasteiger partial charge on any atom is 0.317 e. The van der Waals surface area contributed by atoms with E-state index in [1.165, 1.54) is 0 Å². The van der Waals surface area contributed by atoms with Crippen molar-refractivity contribution in [3.05, 3.63) is 24.5 Å². The van der Waals surface area contributed by atoms with Gasteiger partial charge in [-0.05, 0) is 25.0 Å². The summed E-state index contributed by atoms with van der Waals surface area (Å²) < 4.78 is 0. The topological polar surface area (TPSA) is 89.0 Å². The number of carbonyl (C=O) groups excluding carboxylic acids is 1. The molecule has 3 heterocycles. The van der Waals surface area contributed by atoms with Gasteiger partial charge in [0, 0.05) is 69.9 Å². The van der Waals surface area contributed by atoms with Gasteiger partial charge in [0.2, 0.25) is 0 Å². The molecule has 0 aromatic carbocycles. The first-order chi connectivity index (χ1) is 12.6. The summed E-state index contributed by atoms with van der Waals surface area (Å²) in [6.45, 7) is 5.35. The third-order valence-electron chi connectivity index (χ3n) is 5.15. The molecule has 0 radical (unpaired) electrons. The smallest absolute Gasteiger partial charge is 0.317 e. The lowest BCUT2D eigenvalue weighted by atomic mass is 10.1. The summed E-state index contributed by atoms with van der Waals surface area (Å²) in [6, 6.07) is 4.19. The van der Waals surface area contributed by atoms with Crippen molar-refractivity contribution < 1.29 is 14.7 Å². The fraction of sp³-hybridized carbons (Fsp3) is 0.611. The highest BCUT2D eigenvalue weighted by Crippen LogP contribution is 2.15. The van der Waals surface area contributed by atoms with Crippen molar-refractivity contribution in [3.63, 3.8) is 0 Å². The fourth-order valence-corrected chi connectivity index (χ4v) is 3.54. The number of carbonyl (C=O) groups is 2. The van der Waals surface area contributed by atoms with Crippen LogP contribution in [-0.2, 0) is 4.79 Å². The quantitative estimate of drug-likeness (QED) is 0.808. The Hall–Kier alpha value is -2.35. The Morgan fingerprint density at radius 1 is 1.08 bits per heavy atom. The molecule has 0 atom stereocenters. The van der Waals surface area contributed by atoms with Gasteiger partial charge < -0.3 is 25.1 Å². The molecule has 3 rings (SSSR count). The molecule has 0 bridgehead atoms. The number of piperazine rings is 1. The van der Waals surface area contributed by atoms with Gasteiger partial charge in [0.15, 0.2) is 0 Å². The SMILES string of the molecule is O=C(O)CCN1CCC(NC(=O)N2CCN(c3ccncc3)CC2)CC1. The number of aromatic nitrogens is 1. The summed E-state index contributed by atoms with van der Waals surface area (Å²) >= 11 is 0. The number of rotatable bonds is 5. The van der Waals surface area contributed by atoms with Crippen molar-refractivity contribution in [2.24, 2.45) is 0 Å². The van der Waals surface area contributed by atoms with Crippen LogP contribution in [0, 0.1) is 0 Å². The first kappa shape index (κ1) is 18.4. The van der Waals surface area contributed by atoms with E-state index < -0.39 is 5.97 Å². The van der Waals surface area contributed by atoms with E-state index >= 15 is 0 Å². The Morgan fingerprint density at radius 3 is 2.35 bits per heavy atom. The lowest BCUT2D eigenvalue weighted by Gasteiger charge is -2.38. The number of nitrogens with one attached hydrogen (secondary N) is 1. The van der Waals surface area contributed by atoms with Crippen molar-refractivity contribution in [3.8, 4) is 0 Å². The van der Waals surface area contributed by atoms with Gasteiger partial charge in [-0.15, -0.1) is 0 Å². The average molecular weight is 361 g/mol. The highest BCUT2D eigenvalue weighted by atomic mass is 16.4. The molecule has 2 fully saturated rings. The van der Waals surface area contributed by atoms with Crippen LogP contribution in [0.25, 0.3) is 0 Å². The van der Waals surface area contributed by atoms with Crippen molar-refractivity contribution in [2.75, 3.05) is 50.7 Å². The summed E-state index contributed by atoms with van der Waals surface area (Å²) in [5.74, 6) is -0.758. The van der Waals surface area contributed by atoms with Gasteiger partial charge in [-0.25, -0.2) is 4.79 Å². The Bertz CT molecular complexity index is 596. The Balaban J connectivity index is 1.38. The van der Waals surface area contributed by atoms with Crippen LogP contribution >= 0.6 is 0 Å². The van der Waals surface area contributed by atoms with Gasteiger partial charge in [0.05, 0.1) is 6.42 Å². The van der Waals surface area contributed by atoms with Crippen LogP contribution in [0.15, 0.2) is 24.5 Å². The number of carboxylic acids is 1. The lowest BCUT2D eigenvalue weighted by Crippen LogP contribution is -2.55. The molecule has 2 aliphatic heterocycles. The molecule has 26 heavy (non-hydrogen) atoms. The summed E-state index contributed by atoms with van der Waals surface area (Å²) in [6.07, 6.45) is 5.51. The highest BCUT2D eigenvalue weighted by molar-refractivity contribution is 5.75. The molecule has 0 saturated carbocycles. The monoisotopic (exact) mass is 361 g/mol. The minimum Gasteiger partial charge on any atom is -0.481 e. The molecule has 0 spiro atoms. The maximum atomic E-state index is 12.5. The molecular formula is C18H27N5O3.